The van der Waals surface area contributed by atoms with Crippen LogP contribution in [0.3, 0.4) is 0 Å². The van der Waals surface area contributed by atoms with Crippen LogP contribution in [0, 0.1) is 13.8 Å². The molecule has 3 amide bonds. The third-order valence-corrected chi connectivity index (χ3v) is 5.86. The fourth-order valence-electron chi connectivity index (χ4n) is 4.61. The maximum Gasteiger partial charge on any atom is 0.317 e. The zero-order valence-corrected chi connectivity index (χ0v) is 16.2. The van der Waals surface area contributed by atoms with Crippen molar-refractivity contribution in [3.8, 4) is 0 Å². The predicted octanol–water partition coefficient (Wildman–Crippen LogP) is 3.04. The van der Waals surface area contributed by atoms with Gasteiger partial charge < -0.3 is 15.5 Å². The van der Waals surface area contributed by atoms with Crippen molar-refractivity contribution < 1.29 is 9.59 Å². The molecule has 0 aromatic heterocycles. The van der Waals surface area contributed by atoms with Gasteiger partial charge in [0.15, 0.2) is 0 Å². The Labute approximate surface area is 156 Å². The third kappa shape index (κ3) is 4.19. The number of nitrogens with zero attached hydrogens (tertiary/aromatic N) is 1. The van der Waals surface area contributed by atoms with Crippen LogP contribution in [-0.2, 0) is 10.2 Å². The van der Waals surface area contributed by atoms with Crippen LogP contribution in [0.5, 0.6) is 0 Å². The highest BCUT2D eigenvalue weighted by Gasteiger charge is 2.37. The summed E-state index contributed by atoms with van der Waals surface area (Å²) in [6.07, 6.45) is 5.53. The highest BCUT2D eigenvalue weighted by atomic mass is 16.2. The van der Waals surface area contributed by atoms with E-state index >= 15 is 0 Å². The minimum Gasteiger partial charge on any atom is -0.352 e. The maximum absolute atomic E-state index is 12.6. The first-order valence-corrected chi connectivity index (χ1v) is 9.77. The van der Waals surface area contributed by atoms with E-state index in [0.717, 1.165) is 19.3 Å². The van der Waals surface area contributed by atoms with Gasteiger partial charge in [0.1, 0.15) is 0 Å². The first-order valence-electron chi connectivity index (χ1n) is 9.77. The highest BCUT2D eigenvalue weighted by Crippen LogP contribution is 2.41. The standard InChI is InChI=1S/C21H31N3O2/c1-15-10-16(2)12-18(11-15)21(7-4-5-8-21)14-22-20(26)24-9-6-19(13-24)23-17(3)25/h10-12,19H,4-9,13-14H2,1-3H3,(H,22,26)(H,23,25). The van der Waals surface area contributed by atoms with Gasteiger partial charge in [-0.05, 0) is 38.7 Å². The number of carbonyl (C=O) groups excluding carboxylic acids is 2. The number of urea groups is 1. The molecule has 1 aliphatic heterocycles. The Morgan fingerprint density at radius 1 is 1.15 bits per heavy atom. The van der Waals surface area contributed by atoms with E-state index < -0.39 is 0 Å². The molecule has 2 aliphatic rings. The summed E-state index contributed by atoms with van der Waals surface area (Å²) < 4.78 is 0. The lowest BCUT2D eigenvalue weighted by atomic mass is 9.77. The van der Waals surface area contributed by atoms with Crippen molar-refractivity contribution in [2.45, 2.75) is 64.3 Å². The molecule has 1 aromatic rings. The molecule has 1 aliphatic carbocycles. The van der Waals surface area contributed by atoms with Crippen molar-refractivity contribution >= 4 is 11.9 Å². The van der Waals surface area contributed by atoms with Gasteiger partial charge in [-0.15, -0.1) is 0 Å². The fourth-order valence-corrected chi connectivity index (χ4v) is 4.61. The second-order valence-corrected chi connectivity index (χ2v) is 8.15. The summed E-state index contributed by atoms with van der Waals surface area (Å²) in [5, 5.41) is 6.10. The number of hydrogen-bond acceptors (Lipinski definition) is 2. The maximum atomic E-state index is 12.6. The summed E-state index contributed by atoms with van der Waals surface area (Å²) in [5.41, 5.74) is 4.00. The molecule has 0 spiro atoms. The molecular formula is C21H31N3O2. The van der Waals surface area contributed by atoms with Crippen molar-refractivity contribution in [1.82, 2.24) is 15.5 Å². The Balaban J connectivity index is 1.64. The molecule has 0 bridgehead atoms. The van der Waals surface area contributed by atoms with Crippen molar-refractivity contribution in [1.29, 1.82) is 0 Å². The molecule has 142 valence electrons. The minimum absolute atomic E-state index is 0.00602. The molecule has 5 heteroatoms. The highest BCUT2D eigenvalue weighted by molar-refractivity contribution is 5.76. The predicted molar refractivity (Wildman–Crippen MR) is 103 cm³/mol. The average Bonchev–Trinajstić information content (AvgIpc) is 3.21. The Hall–Kier alpha value is -2.04. The van der Waals surface area contributed by atoms with Crippen LogP contribution in [0.2, 0.25) is 0 Å². The Morgan fingerprint density at radius 2 is 1.81 bits per heavy atom. The lowest BCUT2D eigenvalue weighted by molar-refractivity contribution is -0.119. The second-order valence-electron chi connectivity index (χ2n) is 8.15. The number of carbonyl (C=O) groups is 2. The fraction of sp³-hybridized carbons (Fsp3) is 0.619. The molecular weight excluding hydrogens is 326 g/mol. The van der Waals surface area contributed by atoms with Crippen LogP contribution in [-0.4, -0.2) is 42.5 Å². The van der Waals surface area contributed by atoms with E-state index in [1.165, 1.54) is 36.5 Å². The molecule has 1 saturated carbocycles. The lowest BCUT2D eigenvalue weighted by Crippen LogP contribution is -2.46. The molecule has 1 unspecified atom stereocenters. The van der Waals surface area contributed by atoms with E-state index in [9.17, 15) is 9.59 Å². The molecule has 1 aromatic carbocycles. The zero-order chi connectivity index (χ0) is 18.7. The zero-order valence-electron chi connectivity index (χ0n) is 16.2. The summed E-state index contributed by atoms with van der Waals surface area (Å²) >= 11 is 0. The Kier molecular flexibility index (Phi) is 5.54. The van der Waals surface area contributed by atoms with Gasteiger partial charge in [0, 0.05) is 38.0 Å². The summed E-state index contributed by atoms with van der Waals surface area (Å²) in [6.45, 7) is 7.80. The summed E-state index contributed by atoms with van der Waals surface area (Å²) in [4.78, 5) is 25.7. The Bertz CT molecular complexity index is 660. The number of hydrogen-bond donors (Lipinski definition) is 2. The van der Waals surface area contributed by atoms with E-state index in [-0.39, 0.29) is 23.4 Å². The number of amides is 3. The molecule has 2 fully saturated rings. The van der Waals surface area contributed by atoms with Gasteiger partial charge in [0.05, 0.1) is 0 Å². The largest absolute Gasteiger partial charge is 0.352 e. The van der Waals surface area contributed by atoms with Crippen LogP contribution < -0.4 is 10.6 Å². The van der Waals surface area contributed by atoms with Crippen LogP contribution in [0.4, 0.5) is 4.79 Å². The number of aryl methyl sites for hydroxylation is 2. The molecule has 2 N–H and O–H groups in total. The first-order chi connectivity index (χ1) is 12.4. The monoisotopic (exact) mass is 357 g/mol. The van der Waals surface area contributed by atoms with Gasteiger partial charge in [-0.25, -0.2) is 4.79 Å². The van der Waals surface area contributed by atoms with Gasteiger partial charge in [0.2, 0.25) is 5.91 Å². The number of likely N-dealkylation sites (tertiary alicyclic amines) is 1. The van der Waals surface area contributed by atoms with E-state index in [1.54, 1.807) is 0 Å². The Morgan fingerprint density at radius 3 is 2.42 bits per heavy atom. The van der Waals surface area contributed by atoms with Crippen LogP contribution in [0.15, 0.2) is 18.2 Å². The van der Waals surface area contributed by atoms with Gasteiger partial charge in [-0.1, -0.05) is 42.2 Å². The SMILES string of the molecule is CC(=O)NC1CCN(C(=O)NCC2(c3cc(C)cc(C)c3)CCCC2)C1. The van der Waals surface area contributed by atoms with Crippen molar-refractivity contribution in [2.75, 3.05) is 19.6 Å². The van der Waals surface area contributed by atoms with Crippen LogP contribution in [0.1, 0.15) is 55.7 Å². The molecule has 0 radical (unpaired) electrons. The molecule has 3 rings (SSSR count). The summed E-state index contributed by atoms with van der Waals surface area (Å²) in [7, 11) is 0. The van der Waals surface area contributed by atoms with Gasteiger partial charge >= 0.3 is 6.03 Å². The normalized spacial score (nSPS) is 21.7. The van der Waals surface area contributed by atoms with E-state index in [1.807, 2.05) is 4.90 Å². The van der Waals surface area contributed by atoms with E-state index in [0.29, 0.717) is 19.6 Å². The quantitative estimate of drug-likeness (QED) is 0.870. The van der Waals surface area contributed by atoms with Crippen molar-refractivity contribution in [2.24, 2.45) is 0 Å². The van der Waals surface area contributed by atoms with Crippen molar-refractivity contribution in [3.05, 3.63) is 34.9 Å². The van der Waals surface area contributed by atoms with Crippen LogP contribution >= 0.6 is 0 Å². The summed E-state index contributed by atoms with van der Waals surface area (Å²) in [6, 6.07) is 6.85. The second kappa shape index (κ2) is 7.68. The molecule has 1 atom stereocenters. The van der Waals surface area contributed by atoms with Gasteiger partial charge in [0.25, 0.3) is 0 Å². The molecule has 26 heavy (non-hydrogen) atoms. The van der Waals surface area contributed by atoms with E-state index in [2.05, 4.69) is 42.7 Å². The number of nitrogens with one attached hydrogen (secondary N) is 2. The molecule has 1 saturated heterocycles. The number of benzene rings is 1. The van der Waals surface area contributed by atoms with Crippen LogP contribution in [0.25, 0.3) is 0 Å². The molecule has 1 heterocycles. The van der Waals surface area contributed by atoms with E-state index in [4.69, 9.17) is 0 Å². The number of rotatable bonds is 4. The van der Waals surface area contributed by atoms with Gasteiger partial charge in [-0.2, -0.15) is 0 Å². The summed E-state index contributed by atoms with van der Waals surface area (Å²) in [5.74, 6) is -0.0306. The third-order valence-electron chi connectivity index (χ3n) is 5.86. The van der Waals surface area contributed by atoms with Gasteiger partial charge in [-0.3, -0.25) is 4.79 Å². The smallest absolute Gasteiger partial charge is 0.317 e. The average molecular weight is 357 g/mol. The lowest BCUT2D eigenvalue weighted by Gasteiger charge is -2.31. The first kappa shape index (κ1) is 18.7. The van der Waals surface area contributed by atoms with Crippen molar-refractivity contribution in [3.63, 3.8) is 0 Å². The molecule has 5 nitrogen and oxygen atoms in total. The minimum atomic E-state index is -0.0306. The topological polar surface area (TPSA) is 61.4 Å².